The molecule has 1 aromatic rings. The molecule has 128 valence electrons. The summed E-state index contributed by atoms with van der Waals surface area (Å²) in [5.41, 5.74) is 1.75. The maximum atomic E-state index is 12.0. The summed E-state index contributed by atoms with van der Waals surface area (Å²) in [7, 11) is 1.82. The Balaban J connectivity index is 2.58. The van der Waals surface area contributed by atoms with E-state index in [2.05, 4.69) is 16.0 Å². The van der Waals surface area contributed by atoms with Crippen molar-refractivity contribution >= 4 is 17.6 Å². The molecule has 0 saturated carbocycles. The number of carbonyl (C=O) groups is 2. The van der Waals surface area contributed by atoms with E-state index < -0.39 is 0 Å². The van der Waals surface area contributed by atoms with Crippen LogP contribution in [0.3, 0.4) is 0 Å². The number of anilines is 1. The lowest BCUT2D eigenvalue weighted by molar-refractivity contribution is -0.121. The minimum absolute atomic E-state index is 0.0192. The molecule has 0 fully saturated rings. The number of amides is 3. The quantitative estimate of drug-likeness (QED) is 0.688. The molecule has 0 saturated heterocycles. The molecule has 0 aliphatic carbocycles. The first-order valence-electron chi connectivity index (χ1n) is 8.11. The highest BCUT2D eigenvalue weighted by atomic mass is 16.2. The number of rotatable bonds is 8. The van der Waals surface area contributed by atoms with Gasteiger partial charge in [-0.1, -0.05) is 12.1 Å². The van der Waals surface area contributed by atoms with Gasteiger partial charge in [0.05, 0.1) is 6.04 Å². The van der Waals surface area contributed by atoms with Gasteiger partial charge in [0, 0.05) is 31.7 Å². The molecule has 6 heteroatoms. The standard InChI is InChI=1S/C17H28N4O2/c1-5-21(6-2)17(23)20-15-9-7-14(8-10-15)13(3)19-16(22)11-12-18-4/h7-10,13,18H,5-6,11-12H2,1-4H3,(H,19,22)(H,20,23). The number of nitrogens with one attached hydrogen (secondary N) is 3. The largest absolute Gasteiger partial charge is 0.350 e. The van der Waals surface area contributed by atoms with Crippen molar-refractivity contribution in [2.45, 2.75) is 33.2 Å². The van der Waals surface area contributed by atoms with Crippen molar-refractivity contribution in [3.63, 3.8) is 0 Å². The van der Waals surface area contributed by atoms with Crippen LogP contribution in [0.25, 0.3) is 0 Å². The summed E-state index contributed by atoms with van der Waals surface area (Å²) in [5, 5.41) is 8.77. The fourth-order valence-corrected chi connectivity index (χ4v) is 2.20. The zero-order valence-corrected chi connectivity index (χ0v) is 14.5. The van der Waals surface area contributed by atoms with E-state index in [0.29, 0.717) is 26.1 Å². The summed E-state index contributed by atoms with van der Waals surface area (Å²) in [6.45, 7) is 7.86. The normalized spacial score (nSPS) is 11.7. The van der Waals surface area contributed by atoms with Gasteiger partial charge < -0.3 is 20.9 Å². The molecule has 0 radical (unpaired) electrons. The van der Waals surface area contributed by atoms with Crippen LogP contribution in [0.15, 0.2) is 24.3 Å². The molecule has 6 nitrogen and oxygen atoms in total. The molecule has 3 amide bonds. The van der Waals surface area contributed by atoms with Crippen LogP contribution in [0.1, 0.15) is 38.8 Å². The molecular formula is C17H28N4O2. The maximum Gasteiger partial charge on any atom is 0.321 e. The van der Waals surface area contributed by atoms with Crippen LogP contribution in [0.2, 0.25) is 0 Å². The van der Waals surface area contributed by atoms with Crippen molar-refractivity contribution in [2.75, 3.05) is 32.0 Å². The molecule has 1 unspecified atom stereocenters. The molecule has 0 bridgehead atoms. The van der Waals surface area contributed by atoms with Crippen molar-refractivity contribution < 1.29 is 9.59 Å². The highest BCUT2D eigenvalue weighted by molar-refractivity contribution is 5.89. The van der Waals surface area contributed by atoms with Gasteiger partial charge in [0.25, 0.3) is 0 Å². The summed E-state index contributed by atoms with van der Waals surface area (Å²) >= 11 is 0. The van der Waals surface area contributed by atoms with Crippen molar-refractivity contribution in [3.05, 3.63) is 29.8 Å². The van der Waals surface area contributed by atoms with E-state index in [0.717, 1.165) is 11.3 Å². The highest BCUT2D eigenvalue weighted by Crippen LogP contribution is 2.16. The molecule has 1 atom stereocenters. The van der Waals surface area contributed by atoms with Crippen molar-refractivity contribution in [1.29, 1.82) is 0 Å². The average molecular weight is 320 g/mol. The Morgan fingerprint density at radius 2 is 1.74 bits per heavy atom. The van der Waals surface area contributed by atoms with Gasteiger partial charge in [0.1, 0.15) is 0 Å². The minimum Gasteiger partial charge on any atom is -0.350 e. The molecule has 0 aromatic heterocycles. The number of hydrogen-bond donors (Lipinski definition) is 3. The van der Waals surface area contributed by atoms with E-state index in [1.807, 2.05) is 52.1 Å². The second kappa shape index (κ2) is 9.84. The molecule has 23 heavy (non-hydrogen) atoms. The van der Waals surface area contributed by atoms with Gasteiger partial charge in [-0.3, -0.25) is 4.79 Å². The fraction of sp³-hybridized carbons (Fsp3) is 0.529. The Hall–Kier alpha value is -2.08. The van der Waals surface area contributed by atoms with Crippen LogP contribution in [0.5, 0.6) is 0 Å². The summed E-state index contributed by atoms with van der Waals surface area (Å²) in [6.07, 6.45) is 0.457. The lowest BCUT2D eigenvalue weighted by Gasteiger charge is -2.19. The smallest absolute Gasteiger partial charge is 0.321 e. The number of benzene rings is 1. The Labute approximate surface area is 138 Å². The Bertz CT molecular complexity index is 498. The van der Waals surface area contributed by atoms with Gasteiger partial charge >= 0.3 is 6.03 Å². The first-order chi connectivity index (χ1) is 11.0. The maximum absolute atomic E-state index is 12.0. The van der Waals surface area contributed by atoms with Gasteiger partial charge in [-0.05, 0) is 45.5 Å². The van der Waals surface area contributed by atoms with Crippen LogP contribution in [-0.2, 0) is 4.79 Å². The third kappa shape index (κ3) is 6.28. The van der Waals surface area contributed by atoms with Crippen LogP contribution >= 0.6 is 0 Å². The van der Waals surface area contributed by atoms with Crippen molar-refractivity contribution in [2.24, 2.45) is 0 Å². The molecule has 0 spiro atoms. The van der Waals surface area contributed by atoms with Crippen LogP contribution in [0.4, 0.5) is 10.5 Å². The Morgan fingerprint density at radius 3 is 2.26 bits per heavy atom. The van der Waals surface area contributed by atoms with E-state index in [1.54, 1.807) is 4.90 Å². The van der Waals surface area contributed by atoms with Crippen LogP contribution in [0, 0.1) is 0 Å². The van der Waals surface area contributed by atoms with Crippen molar-refractivity contribution in [3.8, 4) is 0 Å². The lowest BCUT2D eigenvalue weighted by atomic mass is 10.1. The second-order valence-corrected chi connectivity index (χ2v) is 5.37. The zero-order chi connectivity index (χ0) is 17.2. The predicted octanol–water partition coefficient (Wildman–Crippen LogP) is 2.35. The van der Waals surface area contributed by atoms with E-state index in [-0.39, 0.29) is 18.0 Å². The van der Waals surface area contributed by atoms with Gasteiger partial charge in [0.2, 0.25) is 5.91 Å². The van der Waals surface area contributed by atoms with E-state index >= 15 is 0 Å². The van der Waals surface area contributed by atoms with Crippen LogP contribution < -0.4 is 16.0 Å². The van der Waals surface area contributed by atoms with E-state index in [4.69, 9.17) is 0 Å². The molecular weight excluding hydrogens is 292 g/mol. The highest BCUT2D eigenvalue weighted by Gasteiger charge is 2.11. The number of carbonyl (C=O) groups excluding carboxylic acids is 2. The van der Waals surface area contributed by atoms with Crippen LogP contribution in [-0.4, -0.2) is 43.5 Å². The number of nitrogens with zero attached hydrogens (tertiary/aromatic N) is 1. The molecule has 0 heterocycles. The molecule has 0 aliphatic heterocycles. The topological polar surface area (TPSA) is 73.5 Å². The number of hydrogen-bond acceptors (Lipinski definition) is 3. The summed E-state index contributed by atoms with van der Waals surface area (Å²) in [6, 6.07) is 7.38. The first kappa shape index (κ1) is 19.0. The van der Waals surface area contributed by atoms with Crippen molar-refractivity contribution in [1.82, 2.24) is 15.5 Å². The SMILES string of the molecule is CCN(CC)C(=O)Nc1ccc(C(C)NC(=O)CCNC)cc1. The summed E-state index contributed by atoms with van der Waals surface area (Å²) in [4.78, 5) is 25.4. The monoisotopic (exact) mass is 320 g/mol. The average Bonchev–Trinajstić information content (AvgIpc) is 2.54. The third-order valence-electron chi connectivity index (χ3n) is 3.69. The first-order valence-corrected chi connectivity index (χ1v) is 8.11. The van der Waals surface area contributed by atoms with Gasteiger partial charge in [-0.2, -0.15) is 0 Å². The lowest BCUT2D eigenvalue weighted by Crippen LogP contribution is -2.34. The summed E-state index contributed by atoms with van der Waals surface area (Å²) in [5.74, 6) is 0.0192. The van der Waals surface area contributed by atoms with E-state index in [1.165, 1.54) is 0 Å². The minimum atomic E-state index is -0.101. The predicted molar refractivity (Wildman–Crippen MR) is 93.5 cm³/mol. The van der Waals surface area contributed by atoms with E-state index in [9.17, 15) is 9.59 Å². The van der Waals surface area contributed by atoms with Gasteiger partial charge in [0.15, 0.2) is 0 Å². The molecule has 3 N–H and O–H groups in total. The van der Waals surface area contributed by atoms with Gasteiger partial charge in [-0.15, -0.1) is 0 Å². The Kier molecular flexibility index (Phi) is 8.11. The molecule has 1 aromatic carbocycles. The number of urea groups is 1. The summed E-state index contributed by atoms with van der Waals surface area (Å²) < 4.78 is 0. The molecule has 0 aliphatic rings. The van der Waals surface area contributed by atoms with Gasteiger partial charge in [-0.25, -0.2) is 4.79 Å². The molecule has 1 rings (SSSR count). The zero-order valence-electron chi connectivity index (χ0n) is 14.5. The third-order valence-corrected chi connectivity index (χ3v) is 3.69. The Morgan fingerprint density at radius 1 is 1.13 bits per heavy atom. The fourth-order valence-electron chi connectivity index (χ4n) is 2.20. The second-order valence-electron chi connectivity index (χ2n) is 5.37.